The van der Waals surface area contributed by atoms with Crippen molar-refractivity contribution in [2.45, 2.75) is 32.6 Å². The van der Waals surface area contributed by atoms with Gasteiger partial charge in [0.15, 0.2) is 0 Å². The molecule has 3 aromatic carbocycles. The SMILES string of the molecule is CCCCCCOc1ccc(-c2ccc(-c3ccccc3)cc2)cc1. The lowest BCUT2D eigenvalue weighted by molar-refractivity contribution is 0.305. The van der Waals surface area contributed by atoms with Crippen LogP contribution in [0.5, 0.6) is 5.75 Å². The van der Waals surface area contributed by atoms with E-state index in [9.17, 15) is 0 Å². The van der Waals surface area contributed by atoms with Gasteiger partial charge in [-0.3, -0.25) is 0 Å². The summed E-state index contributed by atoms with van der Waals surface area (Å²) in [5.74, 6) is 0.959. The Balaban J connectivity index is 1.60. The maximum Gasteiger partial charge on any atom is 0.119 e. The van der Waals surface area contributed by atoms with Crippen LogP contribution in [-0.2, 0) is 0 Å². The minimum absolute atomic E-state index is 0.811. The van der Waals surface area contributed by atoms with E-state index < -0.39 is 0 Å². The van der Waals surface area contributed by atoms with Crippen LogP contribution in [-0.4, -0.2) is 6.61 Å². The molecule has 0 fully saturated rings. The van der Waals surface area contributed by atoms with Gasteiger partial charge < -0.3 is 4.74 Å². The van der Waals surface area contributed by atoms with Crippen LogP contribution in [0.3, 0.4) is 0 Å². The fourth-order valence-electron chi connectivity index (χ4n) is 2.95. The first-order chi connectivity index (χ1) is 12.4. The Morgan fingerprint density at radius 1 is 0.560 bits per heavy atom. The van der Waals surface area contributed by atoms with Crippen LogP contribution >= 0.6 is 0 Å². The van der Waals surface area contributed by atoms with Crippen molar-refractivity contribution in [3.05, 3.63) is 78.9 Å². The fraction of sp³-hybridized carbons (Fsp3) is 0.250. The molecule has 0 aromatic heterocycles. The minimum atomic E-state index is 0.811. The van der Waals surface area contributed by atoms with Crippen LogP contribution < -0.4 is 4.74 Å². The number of hydrogen-bond acceptors (Lipinski definition) is 1. The molecule has 0 heterocycles. The average Bonchev–Trinajstić information content (AvgIpc) is 2.69. The van der Waals surface area contributed by atoms with Crippen molar-refractivity contribution >= 4 is 0 Å². The summed E-state index contributed by atoms with van der Waals surface area (Å²) in [4.78, 5) is 0. The van der Waals surface area contributed by atoms with Crippen molar-refractivity contribution in [1.82, 2.24) is 0 Å². The first kappa shape index (κ1) is 17.3. The summed E-state index contributed by atoms with van der Waals surface area (Å²) in [7, 11) is 0. The second kappa shape index (κ2) is 9.08. The topological polar surface area (TPSA) is 9.23 Å². The minimum Gasteiger partial charge on any atom is -0.494 e. The van der Waals surface area contributed by atoms with Gasteiger partial charge in [0.05, 0.1) is 6.61 Å². The molecular weight excluding hydrogens is 304 g/mol. The first-order valence-corrected chi connectivity index (χ1v) is 9.25. The molecule has 0 aliphatic rings. The zero-order valence-electron chi connectivity index (χ0n) is 14.9. The normalized spacial score (nSPS) is 10.6. The fourth-order valence-corrected chi connectivity index (χ4v) is 2.95. The average molecular weight is 330 g/mol. The largest absolute Gasteiger partial charge is 0.494 e. The summed E-state index contributed by atoms with van der Waals surface area (Å²) in [5.41, 5.74) is 4.95. The highest BCUT2D eigenvalue weighted by atomic mass is 16.5. The van der Waals surface area contributed by atoms with E-state index in [0.29, 0.717) is 0 Å². The number of hydrogen-bond donors (Lipinski definition) is 0. The Hall–Kier alpha value is -2.54. The smallest absolute Gasteiger partial charge is 0.119 e. The van der Waals surface area contributed by atoms with E-state index in [2.05, 4.69) is 79.7 Å². The van der Waals surface area contributed by atoms with E-state index >= 15 is 0 Å². The van der Waals surface area contributed by atoms with E-state index in [1.807, 2.05) is 6.07 Å². The molecule has 0 N–H and O–H groups in total. The monoisotopic (exact) mass is 330 g/mol. The molecule has 0 aliphatic carbocycles. The predicted molar refractivity (Wildman–Crippen MR) is 107 cm³/mol. The van der Waals surface area contributed by atoms with Crippen LogP contribution in [0, 0.1) is 0 Å². The Bertz CT molecular complexity index is 742. The lowest BCUT2D eigenvalue weighted by Crippen LogP contribution is -1.96. The summed E-state index contributed by atoms with van der Waals surface area (Å²) >= 11 is 0. The second-order valence-electron chi connectivity index (χ2n) is 6.38. The van der Waals surface area contributed by atoms with Crippen molar-refractivity contribution in [3.63, 3.8) is 0 Å². The second-order valence-corrected chi connectivity index (χ2v) is 6.38. The molecule has 128 valence electrons. The van der Waals surface area contributed by atoms with Gasteiger partial charge in [0.25, 0.3) is 0 Å². The number of benzene rings is 3. The maximum absolute atomic E-state index is 5.82. The molecule has 0 atom stereocenters. The Labute approximate surface area is 151 Å². The summed E-state index contributed by atoms with van der Waals surface area (Å²) in [5, 5.41) is 0. The zero-order valence-corrected chi connectivity index (χ0v) is 14.9. The third kappa shape index (κ3) is 4.96. The quantitative estimate of drug-likeness (QED) is 0.405. The van der Waals surface area contributed by atoms with Crippen molar-refractivity contribution in [2.24, 2.45) is 0 Å². The summed E-state index contributed by atoms with van der Waals surface area (Å²) in [6.45, 7) is 3.04. The van der Waals surface area contributed by atoms with Crippen LogP contribution in [0.25, 0.3) is 22.3 Å². The molecule has 0 amide bonds. The van der Waals surface area contributed by atoms with Crippen molar-refractivity contribution in [3.8, 4) is 28.0 Å². The molecule has 0 radical (unpaired) electrons. The number of rotatable bonds is 8. The molecule has 0 unspecified atom stereocenters. The molecule has 0 saturated carbocycles. The Kier molecular flexibility index (Phi) is 6.28. The first-order valence-electron chi connectivity index (χ1n) is 9.25. The molecule has 3 aromatic rings. The lowest BCUT2D eigenvalue weighted by Gasteiger charge is -2.08. The van der Waals surface area contributed by atoms with E-state index in [1.54, 1.807) is 0 Å². The van der Waals surface area contributed by atoms with Gasteiger partial charge in [-0.25, -0.2) is 0 Å². The van der Waals surface area contributed by atoms with Crippen LogP contribution in [0.2, 0.25) is 0 Å². The molecule has 1 heteroatoms. The van der Waals surface area contributed by atoms with E-state index in [1.165, 1.54) is 41.5 Å². The van der Waals surface area contributed by atoms with Crippen LogP contribution in [0.4, 0.5) is 0 Å². The molecule has 0 saturated heterocycles. The summed E-state index contributed by atoms with van der Waals surface area (Å²) in [6, 6.07) is 27.6. The van der Waals surface area contributed by atoms with Gasteiger partial charge in [0, 0.05) is 0 Å². The molecule has 1 nitrogen and oxygen atoms in total. The van der Waals surface area contributed by atoms with Gasteiger partial charge >= 0.3 is 0 Å². The van der Waals surface area contributed by atoms with Crippen LogP contribution in [0.15, 0.2) is 78.9 Å². The maximum atomic E-state index is 5.82. The van der Waals surface area contributed by atoms with Gasteiger partial charge in [-0.1, -0.05) is 92.9 Å². The highest BCUT2D eigenvalue weighted by molar-refractivity contribution is 5.70. The standard InChI is InChI=1S/C24H26O/c1-2-3-4-8-19-25-24-17-15-23(16-18-24)22-13-11-21(12-14-22)20-9-6-5-7-10-20/h5-7,9-18H,2-4,8,19H2,1H3. The molecule has 0 spiro atoms. The lowest BCUT2D eigenvalue weighted by atomic mass is 10.0. The molecule has 0 bridgehead atoms. The van der Waals surface area contributed by atoms with E-state index in [-0.39, 0.29) is 0 Å². The van der Waals surface area contributed by atoms with Crippen molar-refractivity contribution < 1.29 is 4.74 Å². The third-order valence-electron chi connectivity index (χ3n) is 4.45. The van der Waals surface area contributed by atoms with Crippen molar-refractivity contribution in [1.29, 1.82) is 0 Å². The van der Waals surface area contributed by atoms with E-state index in [0.717, 1.165) is 18.8 Å². The zero-order chi connectivity index (χ0) is 17.3. The summed E-state index contributed by atoms with van der Waals surface area (Å²) in [6.07, 6.45) is 4.94. The van der Waals surface area contributed by atoms with Gasteiger partial charge in [0.1, 0.15) is 5.75 Å². The highest BCUT2D eigenvalue weighted by Crippen LogP contribution is 2.26. The van der Waals surface area contributed by atoms with Crippen LogP contribution in [0.1, 0.15) is 32.6 Å². The Morgan fingerprint density at radius 2 is 1.08 bits per heavy atom. The highest BCUT2D eigenvalue weighted by Gasteiger charge is 2.01. The molecule has 0 aliphatic heterocycles. The number of ether oxygens (including phenoxy) is 1. The molecular formula is C24H26O. The predicted octanol–water partition coefficient (Wildman–Crippen LogP) is 6.98. The third-order valence-corrected chi connectivity index (χ3v) is 4.45. The molecule has 25 heavy (non-hydrogen) atoms. The summed E-state index contributed by atoms with van der Waals surface area (Å²) < 4.78 is 5.82. The van der Waals surface area contributed by atoms with E-state index in [4.69, 9.17) is 4.74 Å². The Morgan fingerprint density at radius 3 is 1.64 bits per heavy atom. The van der Waals surface area contributed by atoms with Gasteiger partial charge in [0.2, 0.25) is 0 Å². The van der Waals surface area contributed by atoms with Gasteiger partial charge in [-0.15, -0.1) is 0 Å². The molecule has 3 rings (SSSR count). The van der Waals surface area contributed by atoms with Crippen molar-refractivity contribution in [2.75, 3.05) is 6.61 Å². The number of unbranched alkanes of at least 4 members (excludes halogenated alkanes) is 3. The van der Waals surface area contributed by atoms with Gasteiger partial charge in [-0.2, -0.15) is 0 Å². The van der Waals surface area contributed by atoms with Gasteiger partial charge in [-0.05, 0) is 40.8 Å².